The zero-order valence-electron chi connectivity index (χ0n) is 15.1. The molecule has 2 N–H and O–H groups in total. The van der Waals surface area contributed by atoms with Gasteiger partial charge in [-0.1, -0.05) is 13.8 Å². The van der Waals surface area contributed by atoms with Crippen molar-refractivity contribution < 1.29 is 17.3 Å². The minimum Gasteiger partial charge on any atom is -0.352 e. The van der Waals surface area contributed by atoms with Gasteiger partial charge in [0, 0.05) is 17.0 Å². The molecule has 8 nitrogen and oxygen atoms in total. The average molecular weight is 368 g/mol. The molecular formula is C16H24N4O4S. The molecule has 1 aliphatic heterocycles. The molecule has 0 amide bonds. The fraction of sp³-hybridized carbons (Fsp3) is 0.625. The smallest absolute Gasteiger partial charge is 0.333 e. The molecule has 3 heterocycles. The molecule has 1 aliphatic rings. The summed E-state index contributed by atoms with van der Waals surface area (Å²) in [6.07, 6.45) is -0.616. The van der Waals surface area contributed by atoms with E-state index in [1.165, 1.54) is 0 Å². The van der Waals surface area contributed by atoms with Crippen molar-refractivity contribution in [2.24, 2.45) is 17.0 Å². The second kappa shape index (κ2) is 6.31. The van der Waals surface area contributed by atoms with Crippen molar-refractivity contribution >= 4 is 21.3 Å². The molecule has 2 aromatic heterocycles. The summed E-state index contributed by atoms with van der Waals surface area (Å²) in [5.41, 5.74) is 2.78. The van der Waals surface area contributed by atoms with Crippen LogP contribution in [0.4, 0.5) is 0 Å². The van der Waals surface area contributed by atoms with Crippen molar-refractivity contribution in [1.82, 2.24) is 14.5 Å². The highest BCUT2D eigenvalue weighted by Gasteiger charge is 2.41. The minimum atomic E-state index is -3.99. The van der Waals surface area contributed by atoms with Crippen molar-refractivity contribution in [2.75, 3.05) is 6.61 Å². The van der Waals surface area contributed by atoms with E-state index in [4.69, 9.17) is 14.1 Å². The summed E-state index contributed by atoms with van der Waals surface area (Å²) in [4.78, 5) is 9.02. The third kappa shape index (κ3) is 3.41. The highest BCUT2D eigenvalue weighted by Crippen LogP contribution is 2.41. The molecule has 1 saturated heterocycles. The summed E-state index contributed by atoms with van der Waals surface area (Å²) in [6.45, 7) is 9.85. The van der Waals surface area contributed by atoms with Gasteiger partial charge in [0.2, 0.25) is 0 Å². The van der Waals surface area contributed by atoms with Gasteiger partial charge in [-0.3, -0.25) is 4.18 Å². The maximum atomic E-state index is 11.1. The molecule has 0 aromatic carbocycles. The third-order valence-electron chi connectivity index (χ3n) is 5.02. The minimum absolute atomic E-state index is 0.0911. The molecule has 0 spiro atoms. The van der Waals surface area contributed by atoms with E-state index in [-0.39, 0.29) is 30.8 Å². The van der Waals surface area contributed by atoms with Crippen LogP contribution in [0.25, 0.3) is 11.0 Å². The molecule has 0 saturated carbocycles. The van der Waals surface area contributed by atoms with Gasteiger partial charge in [0.15, 0.2) is 0 Å². The van der Waals surface area contributed by atoms with E-state index in [0.29, 0.717) is 5.82 Å². The zero-order valence-corrected chi connectivity index (χ0v) is 15.9. The SMILES string of the molecule is Cc1nc(C)c2cc(C)n([C@@H]3OC(COS(N)(=O)=O)C(C)C3C)c2n1. The lowest BCUT2D eigenvalue weighted by Gasteiger charge is -2.21. The number of aromatic nitrogens is 3. The predicted octanol–water partition coefficient (Wildman–Crippen LogP) is 1.75. The van der Waals surface area contributed by atoms with E-state index >= 15 is 0 Å². The zero-order chi connectivity index (χ0) is 18.5. The van der Waals surface area contributed by atoms with Crippen LogP contribution in [0.3, 0.4) is 0 Å². The second-order valence-corrected chi connectivity index (χ2v) is 8.03. The number of ether oxygens (including phenoxy) is 1. The number of nitrogens with two attached hydrogens (primary N) is 1. The summed E-state index contributed by atoms with van der Waals surface area (Å²) >= 11 is 0. The van der Waals surface area contributed by atoms with E-state index in [2.05, 4.69) is 27.5 Å². The standard InChI is InChI=1S/C16H24N4O4S/c1-8-6-13-11(4)18-12(5)19-15(13)20(8)16-10(3)9(2)14(24-16)7-23-25(17,21)22/h6,9-10,14,16H,7H2,1-5H3,(H2,17,21,22)/t9?,10?,14?,16-/m1/s1. The van der Waals surface area contributed by atoms with Crippen molar-refractivity contribution in [1.29, 1.82) is 0 Å². The van der Waals surface area contributed by atoms with Crippen molar-refractivity contribution in [3.8, 4) is 0 Å². The van der Waals surface area contributed by atoms with Gasteiger partial charge in [0.05, 0.1) is 18.4 Å². The summed E-state index contributed by atoms with van der Waals surface area (Å²) in [6, 6.07) is 2.05. The fourth-order valence-corrected chi connectivity index (χ4v) is 3.82. The van der Waals surface area contributed by atoms with Crippen molar-refractivity contribution in [2.45, 2.75) is 47.0 Å². The second-order valence-electron chi connectivity index (χ2n) is 6.81. The molecule has 0 radical (unpaired) electrons. The Morgan fingerprint density at radius 2 is 1.92 bits per heavy atom. The first-order valence-corrected chi connectivity index (χ1v) is 9.71. The lowest BCUT2D eigenvalue weighted by atomic mass is 9.93. The molecule has 25 heavy (non-hydrogen) atoms. The number of hydrogen-bond acceptors (Lipinski definition) is 6. The number of rotatable bonds is 4. The highest BCUT2D eigenvalue weighted by molar-refractivity contribution is 7.84. The molecule has 3 rings (SSSR count). The Hall–Kier alpha value is -1.55. The Labute approximate surface area is 147 Å². The summed E-state index contributed by atoms with van der Waals surface area (Å²) < 4.78 is 35.1. The van der Waals surface area contributed by atoms with Crippen molar-refractivity contribution in [3.05, 3.63) is 23.3 Å². The Bertz CT molecular complexity index is 908. The van der Waals surface area contributed by atoms with Gasteiger partial charge >= 0.3 is 10.3 Å². The van der Waals surface area contributed by atoms with E-state index < -0.39 is 10.3 Å². The molecule has 138 valence electrons. The average Bonchev–Trinajstić information content (AvgIpc) is 2.95. The maximum Gasteiger partial charge on any atom is 0.333 e. The number of aryl methyl sites for hydroxylation is 3. The van der Waals surface area contributed by atoms with Crippen LogP contribution >= 0.6 is 0 Å². The Balaban J connectivity index is 1.97. The topological polar surface area (TPSA) is 109 Å². The number of fused-ring (bicyclic) bond motifs is 1. The molecule has 9 heteroatoms. The first kappa shape index (κ1) is 18.2. The summed E-state index contributed by atoms with van der Waals surface area (Å²) in [7, 11) is -3.99. The lowest BCUT2D eigenvalue weighted by molar-refractivity contribution is -0.0288. The van der Waals surface area contributed by atoms with Crippen LogP contribution in [0.2, 0.25) is 0 Å². The van der Waals surface area contributed by atoms with E-state index in [1.807, 2.05) is 27.7 Å². The van der Waals surface area contributed by atoms with Crippen LogP contribution in [0.15, 0.2) is 6.07 Å². The van der Waals surface area contributed by atoms with Crippen LogP contribution in [0.5, 0.6) is 0 Å². The van der Waals surface area contributed by atoms with Crippen LogP contribution in [-0.2, 0) is 19.2 Å². The van der Waals surface area contributed by atoms with Crippen molar-refractivity contribution in [3.63, 3.8) is 0 Å². The molecule has 4 atom stereocenters. The van der Waals surface area contributed by atoms with Gasteiger partial charge in [-0.2, -0.15) is 8.42 Å². The largest absolute Gasteiger partial charge is 0.352 e. The quantitative estimate of drug-likeness (QED) is 0.880. The molecule has 3 unspecified atom stereocenters. The normalized spacial score (nSPS) is 27.3. The van der Waals surface area contributed by atoms with Gasteiger partial charge in [-0.25, -0.2) is 15.1 Å². The molecule has 1 fully saturated rings. The molecular weight excluding hydrogens is 344 g/mol. The number of hydrogen-bond donors (Lipinski definition) is 1. The predicted molar refractivity (Wildman–Crippen MR) is 93.0 cm³/mol. The van der Waals surface area contributed by atoms with Crippen LogP contribution in [0, 0.1) is 32.6 Å². The first-order valence-electron chi connectivity index (χ1n) is 8.24. The fourth-order valence-electron chi connectivity index (χ4n) is 3.50. The van der Waals surface area contributed by atoms with E-state index in [0.717, 1.165) is 22.4 Å². The third-order valence-corrected chi connectivity index (χ3v) is 5.48. The van der Waals surface area contributed by atoms with E-state index in [9.17, 15) is 8.42 Å². The molecule has 0 bridgehead atoms. The number of nitrogens with zero attached hydrogens (tertiary/aromatic N) is 3. The Morgan fingerprint density at radius 1 is 1.24 bits per heavy atom. The first-order chi connectivity index (χ1) is 11.6. The van der Waals surface area contributed by atoms with Gasteiger partial charge in [-0.15, -0.1) is 0 Å². The highest BCUT2D eigenvalue weighted by atomic mass is 32.2. The molecule has 2 aromatic rings. The Kier molecular flexibility index (Phi) is 4.61. The maximum absolute atomic E-state index is 11.1. The lowest BCUT2D eigenvalue weighted by Crippen LogP contribution is -2.27. The molecule has 0 aliphatic carbocycles. The van der Waals surface area contributed by atoms with Gasteiger partial charge in [-0.05, 0) is 32.8 Å². The van der Waals surface area contributed by atoms with Crippen LogP contribution in [-0.4, -0.2) is 35.7 Å². The van der Waals surface area contributed by atoms with Gasteiger partial charge < -0.3 is 9.30 Å². The monoisotopic (exact) mass is 368 g/mol. The summed E-state index contributed by atoms with van der Waals surface area (Å²) in [5.74, 6) is 0.962. The summed E-state index contributed by atoms with van der Waals surface area (Å²) in [5, 5.41) is 5.92. The van der Waals surface area contributed by atoms with Gasteiger partial charge in [0.25, 0.3) is 0 Å². The van der Waals surface area contributed by atoms with Crippen LogP contribution in [0.1, 0.15) is 37.3 Å². The van der Waals surface area contributed by atoms with Gasteiger partial charge in [0.1, 0.15) is 17.7 Å². The van der Waals surface area contributed by atoms with E-state index in [1.54, 1.807) is 0 Å². The Morgan fingerprint density at radius 3 is 2.56 bits per heavy atom. The van der Waals surface area contributed by atoms with Crippen LogP contribution < -0.4 is 5.14 Å².